The number of para-hydroxylation sites is 3. The van der Waals surface area contributed by atoms with Gasteiger partial charge in [0.1, 0.15) is 11.2 Å². The Kier molecular flexibility index (Phi) is 3.50. The topological polar surface area (TPSA) is 18.1 Å². The number of aromatic nitrogens is 1. The molecule has 7 aromatic rings. The number of nitrogens with zero attached hydrogens (tertiary/aromatic N) is 1. The van der Waals surface area contributed by atoms with E-state index in [2.05, 4.69) is 122 Å². The molecule has 1 aliphatic rings. The average Bonchev–Trinajstić information content (AvgIpc) is 3.51. The average molecular weight is 450 g/mol. The normalized spacial score (nSPS) is 14.2. The zero-order chi connectivity index (χ0) is 23.3. The number of hydrogen-bond acceptors (Lipinski definition) is 1. The second-order valence-corrected chi connectivity index (χ2v) is 10.1. The summed E-state index contributed by atoms with van der Waals surface area (Å²) < 4.78 is 9.17. The summed E-state index contributed by atoms with van der Waals surface area (Å²) in [5, 5.41) is 4.86. The number of furan rings is 1. The summed E-state index contributed by atoms with van der Waals surface area (Å²) in [7, 11) is 0. The molecule has 0 saturated carbocycles. The smallest absolute Gasteiger partial charge is 0.145 e. The van der Waals surface area contributed by atoms with Crippen molar-refractivity contribution in [3.8, 4) is 16.8 Å². The van der Waals surface area contributed by atoms with Gasteiger partial charge in [0.25, 0.3) is 0 Å². The van der Waals surface area contributed by atoms with Crippen molar-refractivity contribution in [2.45, 2.75) is 19.3 Å². The van der Waals surface area contributed by atoms with Crippen molar-refractivity contribution in [2.24, 2.45) is 0 Å². The van der Waals surface area contributed by atoms with Gasteiger partial charge in [0.05, 0.1) is 16.4 Å². The molecule has 0 N–H and O–H groups in total. The van der Waals surface area contributed by atoms with Crippen LogP contribution in [-0.2, 0) is 5.41 Å². The van der Waals surface area contributed by atoms with E-state index in [0.717, 1.165) is 11.2 Å². The molecule has 0 amide bonds. The summed E-state index contributed by atoms with van der Waals surface area (Å²) in [6, 6.07) is 36.9. The van der Waals surface area contributed by atoms with Crippen molar-refractivity contribution in [3.63, 3.8) is 0 Å². The fraction of sp³-hybridized carbons (Fsp3) is 0.0909. The molecule has 0 fully saturated rings. The third-order valence-electron chi connectivity index (χ3n) is 7.94. The number of rotatable bonds is 1. The Balaban J connectivity index is 1.76. The van der Waals surface area contributed by atoms with Gasteiger partial charge in [0.2, 0.25) is 0 Å². The van der Waals surface area contributed by atoms with Gasteiger partial charge in [-0.1, -0.05) is 92.7 Å². The van der Waals surface area contributed by atoms with Crippen LogP contribution in [-0.4, -0.2) is 4.57 Å². The van der Waals surface area contributed by atoms with Crippen molar-refractivity contribution >= 4 is 43.7 Å². The molecule has 8 rings (SSSR count). The van der Waals surface area contributed by atoms with Crippen LogP contribution in [0.4, 0.5) is 0 Å². The quantitative estimate of drug-likeness (QED) is 0.244. The van der Waals surface area contributed by atoms with Crippen molar-refractivity contribution in [1.82, 2.24) is 4.57 Å². The summed E-state index contributed by atoms with van der Waals surface area (Å²) in [6.45, 7) is 4.72. The third kappa shape index (κ3) is 2.25. The van der Waals surface area contributed by atoms with Crippen LogP contribution in [0.5, 0.6) is 0 Å². The van der Waals surface area contributed by atoms with E-state index in [-0.39, 0.29) is 5.41 Å². The van der Waals surface area contributed by atoms with Crippen LogP contribution < -0.4 is 0 Å². The highest BCUT2D eigenvalue weighted by molar-refractivity contribution is 6.29. The minimum absolute atomic E-state index is 0.150. The van der Waals surface area contributed by atoms with Gasteiger partial charge in [-0.15, -0.1) is 0 Å². The predicted molar refractivity (Wildman–Crippen MR) is 146 cm³/mol. The molecule has 0 saturated heterocycles. The highest BCUT2D eigenvalue weighted by Gasteiger charge is 2.41. The van der Waals surface area contributed by atoms with Crippen LogP contribution in [0.15, 0.2) is 108 Å². The van der Waals surface area contributed by atoms with Gasteiger partial charge in [-0.25, -0.2) is 0 Å². The first kappa shape index (κ1) is 19.1. The lowest BCUT2D eigenvalue weighted by Crippen LogP contribution is -2.15. The molecule has 0 atom stereocenters. The number of hydrogen-bond donors (Lipinski definition) is 0. The molecule has 1 aliphatic carbocycles. The van der Waals surface area contributed by atoms with E-state index in [9.17, 15) is 0 Å². The van der Waals surface area contributed by atoms with Crippen molar-refractivity contribution in [2.75, 3.05) is 0 Å². The van der Waals surface area contributed by atoms with Gasteiger partial charge in [-0.3, -0.25) is 0 Å². The van der Waals surface area contributed by atoms with Crippen LogP contribution in [0.1, 0.15) is 25.0 Å². The molecule has 35 heavy (non-hydrogen) atoms. The molecule has 2 nitrogen and oxygen atoms in total. The van der Waals surface area contributed by atoms with Gasteiger partial charge in [-0.05, 0) is 41.0 Å². The monoisotopic (exact) mass is 449 g/mol. The molecule has 0 unspecified atom stereocenters. The molecular formula is C33H23NO. The summed E-state index contributed by atoms with van der Waals surface area (Å²) >= 11 is 0. The Morgan fingerprint density at radius 3 is 2.20 bits per heavy atom. The fourth-order valence-electron chi connectivity index (χ4n) is 6.53. The molecule has 0 radical (unpaired) electrons. The zero-order valence-electron chi connectivity index (χ0n) is 19.7. The number of fused-ring (bicyclic) bond motifs is 12. The SMILES string of the molecule is CC1(C)c2ccccc2-c2c1c1c3ccccc3oc1c1c3ccccc3n(-c3ccccc3)c21. The minimum atomic E-state index is -0.150. The van der Waals surface area contributed by atoms with Crippen LogP contribution in [0.25, 0.3) is 60.6 Å². The maximum absolute atomic E-state index is 6.73. The molecule has 0 bridgehead atoms. The van der Waals surface area contributed by atoms with Crippen LogP contribution >= 0.6 is 0 Å². The minimum Gasteiger partial charge on any atom is -0.455 e. The lowest BCUT2D eigenvalue weighted by atomic mass is 9.80. The lowest BCUT2D eigenvalue weighted by Gasteiger charge is -2.22. The van der Waals surface area contributed by atoms with Crippen LogP contribution in [0.3, 0.4) is 0 Å². The van der Waals surface area contributed by atoms with E-state index in [0.29, 0.717) is 0 Å². The van der Waals surface area contributed by atoms with Gasteiger partial charge < -0.3 is 8.98 Å². The lowest BCUT2D eigenvalue weighted by molar-refractivity contribution is 0.659. The largest absolute Gasteiger partial charge is 0.455 e. The molecule has 5 aromatic carbocycles. The van der Waals surface area contributed by atoms with E-state index in [1.54, 1.807) is 0 Å². The standard InChI is InChI=1S/C33H23NO/c1-33(2)24-17-9-6-14-21(24)27-30(33)28-23-16-8-11-19-26(23)35-32(28)29-22-15-7-10-18-25(22)34(31(27)29)20-12-4-3-5-13-20/h3-19H,1-2H3. The second kappa shape index (κ2) is 6.43. The fourth-order valence-corrected chi connectivity index (χ4v) is 6.53. The molecule has 2 heterocycles. The molecule has 0 aliphatic heterocycles. The predicted octanol–water partition coefficient (Wildman–Crippen LogP) is 8.99. The Morgan fingerprint density at radius 1 is 0.657 bits per heavy atom. The Bertz CT molecular complexity index is 1970. The van der Waals surface area contributed by atoms with E-state index < -0.39 is 0 Å². The first-order valence-corrected chi connectivity index (χ1v) is 12.2. The van der Waals surface area contributed by atoms with Gasteiger partial charge >= 0.3 is 0 Å². The van der Waals surface area contributed by atoms with Crippen molar-refractivity contribution in [3.05, 3.63) is 114 Å². The maximum Gasteiger partial charge on any atom is 0.145 e. The van der Waals surface area contributed by atoms with Gasteiger partial charge in [0.15, 0.2) is 0 Å². The highest BCUT2D eigenvalue weighted by atomic mass is 16.3. The molecule has 2 heteroatoms. The van der Waals surface area contributed by atoms with Crippen molar-refractivity contribution in [1.29, 1.82) is 0 Å². The molecule has 0 spiro atoms. The van der Waals surface area contributed by atoms with E-state index in [1.165, 1.54) is 60.5 Å². The molecule has 166 valence electrons. The first-order chi connectivity index (χ1) is 17.2. The maximum atomic E-state index is 6.73. The van der Waals surface area contributed by atoms with E-state index >= 15 is 0 Å². The first-order valence-electron chi connectivity index (χ1n) is 12.2. The van der Waals surface area contributed by atoms with E-state index in [1.807, 2.05) is 0 Å². The summed E-state index contributed by atoms with van der Waals surface area (Å²) in [5.41, 5.74) is 10.8. The Morgan fingerprint density at radius 2 is 1.34 bits per heavy atom. The highest BCUT2D eigenvalue weighted by Crippen LogP contribution is 2.57. The summed E-state index contributed by atoms with van der Waals surface area (Å²) in [5.74, 6) is 0. The zero-order valence-corrected chi connectivity index (χ0v) is 19.7. The summed E-state index contributed by atoms with van der Waals surface area (Å²) in [6.07, 6.45) is 0. The Labute approximate surface area is 203 Å². The third-order valence-corrected chi connectivity index (χ3v) is 7.94. The molecular weight excluding hydrogens is 426 g/mol. The molecule has 2 aromatic heterocycles. The van der Waals surface area contributed by atoms with Crippen LogP contribution in [0, 0.1) is 0 Å². The van der Waals surface area contributed by atoms with Gasteiger partial charge in [0, 0.05) is 32.8 Å². The van der Waals surface area contributed by atoms with Crippen molar-refractivity contribution < 1.29 is 4.42 Å². The van der Waals surface area contributed by atoms with Gasteiger partial charge in [-0.2, -0.15) is 0 Å². The van der Waals surface area contributed by atoms with E-state index in [4.69, 9.17) is 4.42 Å². The Hall–Kier alpha value is -4.30. The summed E-state index contributed by atoms with van der Waals surface area (Å²) in [4.78, 5) is 0. The van der Waals surface area contributed by atoms with Crippen LogP contribution in [0.2, 0.25) is 0 Å². The number of benzene rings is 5. The second-order valence-electron chi connectivity index (χ2n) is 10.1.